The van der Waals surface area contributed by atoms with Gasteiger partial charge in [0, 0.05) is 33.1 Å². The van der Waals surface area contributed by atoms with Gasteiger partial charge in [-0.05, 0) is 25.9 Å². The van der Waals surface area contributed by atoms with Crippen LogP contribution in [-0.2, 0) is 4.79 Å². The molecule has 4 heteroatoms. The van der Waals surface area contributed by atoms with Crippen LogP contribution in [0.15, 0.2) is 0 Å². The summed E-state index contributed by atoms with van der Waals surface area (Å²) in [5.41, 5.74) is 5.80. The Morgan fingerprint density at radius 1 is 1.43 bits per heavy atom. The topological polar surface area (TPSA) is 49.6 Å². The monoisotopic (exact) mass is 199 g/mol. The molecule has 2 N–H and O–H groups in total. The summed E-state index contributed by atoms with van der Waals surface area (Å²) in [6.07, 6.45) is 2.76. The van der Waals surface area contributed by atoms with Crippen molar-refractivity contribution in [1.82, 2.24) is 9.80 Å². The number of piperidine rings is 1. The summed E-state index contributed by atoms with van der Waals surface area (Å²) in [7, 11) is 3.60. The van der Waals surface area contributed by atoms with Crippen molar-refractivity contribution in [2.45, 2.75) is 25.3 Å². The lowest BCUT2D eigenvalue weighted by Gasteiger charge is -2.30. The normalized spacial score (nSPS) is 19.6. The number of carbonyl (C=O) groups is 1. The molecule has 0 atom stereocenters. The van der Waals surface area contributed by atoms with E-state index >= 15 is 0 Å². The minimum absolute atomic E-state index is 0.208. The average molecular weight is 199 g/mol. The predicted molar refractivity (Wildman–Crippen MR) is 57.0 cm³/mol. The van der Waals surface area contributed by atoms with Crippen molar-refractivity contribution >= 4 is 5.91 Å². The molecule has 0 aromatic heterocycles. The maximum Gasteiger partial charge on any atom is 0.223 e. The van der Waals surface area contributed by atoms with Crippen LogP contribution in [0, 0.1) is 0 Å². The van der Waals surface area contributed by atoms with Crippen LogP contribution in [-0.4, -0.2) is 55.5 Å². The molecule has 0 aromatic rings. The van der Waals surface area contributed by atoms with Crippen LogP contribution in [0.5, 0.6) is 0 Å². The summed E-state index contributed by atoms with van der Waals surface area (Å²) in [6, 6.07) is 0.371. The molecule has 0 bridgehead atoms. The van der Waals surface area contributed by atoms with Gasteiger partial charge in [0.2, 0.25) is 5.91 Å². The fourth-order valence-electron chi connectivity index (χ4n) is 1.65. The Morgan fingerprint density at radius 3 is 2.50 bits per heavy atom. The Morgan fingerprint density at radius 2 is 2.00 bits per heavy atom. The van der Waals surface area contributed by atoms with Crippen LogP contribution in [0.2, 0.25) is 0 Å². The van der Waals surface area contributed by atoms with E-state index in [0.29, 0.717) is 12.5 Å². The highest BCUT2D eigenvalue weighted by molar-refractivity contribution is 5.75. The molecule has 14 heavy (non-hydrogen) atoms. The predicted octanol–water partition coefficient (Wildman–Crippen LogP) is -0.112. The number of rotatable bonds is 3. The number of nitrogens with two attached hydrogens (primary N) is 1. The summed E-state index contributed by atoms with van der Waals surface area (Å²) in [5, 5.41) is 0. The van der Waals surface area contributed by atoms with Crippen molar-refractivity contribution in [2.24, 2.45) is 5.73 Å². The molecular formula is C10H21N3O. The second-order valence-electron chi connectivity index (χ2n) is 4.22. The third-order valence-electron chi connectivity index (χ3n) is 2.77. The highest BCUT2D eigenvalue weighted by Crippen LogP contribution is 2.08. The van der Waals surface area contributed by atoms with E-state index in [4.69, 9.17) is 5.73 Å². The molecule has 0 aromatic carbocycles. The smallest absolute Gasteiger partial charge is 0.223 e. The Balaban J connectivity index is 2.16. The Hall–Kier alpha value is -0.610. The lowest BCUT2D eigenvalue weighted by molar-refractivity contribution is -0.129. The van der Waals surface area contributed by atoms with E-state index in [1.807, 2.05) is 0 Å². The standard InChI is InChI=1S/C10H21N3O/c1-12(2)10(14)5-8-13-6-3-9(11)4-7-13/h9H,3-8,11H2,1-2H3. The van der Waals surface area contributed by atoms with Crippen LogP contribution in [0.4, 0.5) is 0 Å². The van der Waals surface area contributed by atoms with E-state index < -0.39 is 0 Å². The van der Waals surface area contributed by atoms with Gasteiger partial charge >= 0.3 is 0 Å². The second-order valence-corrected chi connectivity index (χ2v) is 4.22. The molecule has 1 amide bonds. The van der Waals surface area contributed by atoms with Crippen LogP contribution >= 0.6 is 0 Å². The first-order valence-electron chi connectivity index (χ1n) is 5.27. The molecule has 0 spiro atoms. The highest BCUT2D eigenvalue weighted by Gasteiger charge is 2.16. The fourth-order valence-corrected chi connectivity index (χ4v) is 1.65. The maximum absolute atomic E-state index is 11.3. The van der Waals surface area contributed by atoms with Crippen molar-refractivity contribution < 1.29 is 4.79 Å². The largest absolute Gasteiger partial charge is 0.349 e. The van der Waals surface area contributed by atoms with Gasteiger partial charge in [-0.1, -0.05) is 0 Å². The summed E-state index contributed by atoms with van der Waals surface area (Å²) >= 11 is 0. The Kier molecular flexibility index (Phi) is 4.35. The molecule has 82 valence electrons. The van der Waals surface area contributed by atoms with Gasteiger partial charge in [0.15, 0.2) is 0 Å². The summed E-state index contributed by atoms with van der Waals surface area (Å²) in [6.45, 7) is 2.97. The average Bonchev–Trinajstić information content (AvgIpc) is 2.16. The van der Waals surface area contributed by atoms with Gasteiger partial charge in [-0.3, -0.25) is 4.79 Å². The van der Waals surface area contributed by atoms with Gasteiger partial charge < -0.3 is 15.5 Å². The van der Waals surface area contributed by atoms with Crippen molar-refractivity contribution in [3.05, 3.63) is 0 Å². The molecular weight excluding hydrogens is 178 g/mol. The first kappa shape index (κ1) is 11.5. The third kappa shape index (κ3) is 3.64. The summed E-state index contributed by atoms with van der Waals surface area (Å²) in [5.74, 6) is 0.208. The molecule has 1 heterocycles. The number of hydrogen-bond donors (Lipinski definition) is 1. The Bertz CT molecular complexity index is 186. The lowest BCUT2D eigenvalue weighted by atomic mass is 10.1. The molecule has 1 rings (SSSR count). The molecule has 4 nitrogen and oxygen atoms in total. The van der Waals surface area contributed by atoms with E-state index in [-0.39, 0.29) is 5.91 Å². The zero-order valence-corrected chi connectivity index (χ0v) is 9.20. The van der Waals surface area contributed by atoms with E-state index in [1.165, 1.54) is 0 Å². The van der Waals surface area contributed by atoms with E-state index in [9.17, 15) is 4.79 Å². The molecule has 1 saturated heterocycles. The van der Waals surface area contributed by atoms with E-state index in [0.717, 1.165) is 32.5 Å². The van der Waals surface area contributed by atoms with Crippen LogP contribution < -0.4 is 5.73 Å². The molecule has 0 radical (unpaired) electrons. The molecule has 0 saturated carbocycles. The highest BCUT2D eigenvalue weighted by atomic mass is 16.2. The number of carbonyl (C=O) groups excluding carboxylic acids is 1. The SMILES string of the molecule is CN(C)C(=O)CCN1CCC(N)CC1. The lowest BCUT2D eigenvalue weighted by Crippen LogP contribution is -2.41. The molecule has 0 aliphatic carbocycles. The van der Waals surface area contributed by atoms with E-state index in [2.05, 4.69) is 4.90 Å². The molecule has 1 aliphatic heterocycles. The quantitative estimate of drug-likeness (QED) is 0.690. The van der Waals surface area contributed by atoms with Gasteiger partial charge in [0.25, 0.3) is 0 Å². The zero-order chi connectivity index (χ0) is 10.6. The molecule has 1 fully saturated rings. The van der Waals surface area contributed by atoms with Gasteiger partial charge in [-0.2, -0.15) is 0 Å². The van der Waals surface area contributed by atoms with E-state index in [1.54, 1.807) is 19.0 Å². The summed E-state index contributed by atoms with van der Waals surface area (Å²) in [4.78, 5) is 15.3. The first-order valence-corrected chi connectivity index (χ1v) is 5.27. The van der Waals surface area contributed by atoms with Crippen LogP contribution in [0.25, 0.3) is 0 Å². The number of hydrogen-bond acceptors (Lipinski definition) is 3. The van der Waals surface area contributed by atoms with Gasteiger partial charge in [-0.15, -0.1) is 0 Å². The molecule has 0 unspecified atom stereocenters. The van der Waals surface area contributed by atoms with Crippen LogP contribution in [0.3, 0.4) is 0 Å². The van der Waals surface area contributed by atoms with Crippen LogP contribution in [0.1, 0.15) is 19.3 Å². The molecule has 1 aliphatic rings. The van der Waals surface area contributed by atoms with Crippen molar-refractivity contribution in [1.29, 1.82) is 0 Å². The zero-order valence-electron chi connectivity index (χ0n) is 9.20. The van der Waals surface area contributed by atoms with Gasteiger partial charge in [0.05, 0.1) is 0 Å². The Labute approximate surface area is 86.0 Å². The number of nitrogens with zero attached hydrogens (tertiary/aromatic N) is 2. The fraction of sp³-hybridized carbons (Fsp3) is 0.900. The van der Waals surface area contributed by atoms with Crippen molar-refractivity contribution in [2.75, 3.05) is 33.7 Å². The minimum Gasteiger partial charge on any atom is -0.349 e. The van der Waals surface area contributed by atoms with Gasteiger partial charge in [0.1, 0.15) is 0 Å². The van der Waals surface area contributed by atoms with Crippen molar-refractivity contribution in [3.8, 4) is 0 Å². The minimum atomic E-state index is 0.208. The number of likely N-dealkylation sites (tertiary alicyclic amines) is 1. The first-order chi connectivity index (χ1) is 6.59. The van der Waals surface area contributed by atoms with Crippen molar-refractivity contribution in [3.63, 3.8) is 0 Å². The third-order valence-corrected chi connectivity index (χ3v) is 2.77. The van der Waals surface area contributed by atoms with Gasteiger partial charge in [-0.25, -0.2) is 0 Å². The summed E-state index contributed by atoms with van der Waals surface area (Å²) < 4.78 is 0. The number of amides is 1. The maximum atomic E-state index is 11.3. The second kappa shape index (κ2) is 5.32.